The zero-order chi connectivity index (χ0) is 13.1. The van der Waals surface area contributed by atoms with Gasteiger partial charge >= 0.3 is 0 Å². The van der Waals surface area contributed by atoms with E-state index < -0.39 is 0 Å². The predicted octanol–water partition coefficient (Wildman–Crippen LogP) is 4.61. The van der Waals surface area contributed by atoms with Crippen molar-refractivity contribution in [1.82, 2.24) is 0 Å². The van der Waals surface area contributed by atoms with Crippen LogP contribution in [0.25, 0.3) is 0 Å². The van der Waals surface area contributed by atoms with E-state index in [2.05, 4.69) is 0 Å². The van der Waals surface area contributed by atoms with Crippen LogP contribution in [0.2, 0.25) is 0 Å². The Kier molecular flexibility index (Phi) is 4.21. The van der Waals surface area contributed by atoms with Gasteiger partial charge < -0.3 is 9.84 Å². The number of thioether (sulfide) groups is 1. The molecular weight excluding hydrogens is 256 g/mol. The van der Waals surface area contributed by atoms with Crippen molar-refractivity contribution < 1.29 is 9.84 Å². The van der Waals surface area contributed by atoms with Gasteiger partial charge in [0, 0.05) is 11.3 Å². The summed E-state index contributed by atoms with van der Waals surface area (Å²) in [6.45, 7) is 0.797. The third-order valence-electron chi connectivity index (χ3n) is 4.28. The molecule has 0 spiro atoms. The molecule has 0 saturated heterocycles. The fraction of sp³-hybridized carbons (Fsp3) is 0.625. The molecule has 2 aliphatic rings. The van der Waals surface area contributed by atoms with Crippen LogP contribution in [0.5, 0.6) is 11.5 Å². The molecule has 3 heteroatoms. The second-order valence-corrected chi connectivity index (χ2v) is 6.98. The van der Waals surface area contributed by atoms with Crippen molar-refractivity contribution in [2.45, 2.75) is 55.1 Å². The van der Waals surface area contributed by atoms with Gasteiger partial charge in [-0.2, -0.15) is 0 Å². The van der Waals surface area contributed by atoms with Gasteiger partial charge in [0.1, 0.15) is 18.1 Å². The maximum absolute atomic E-state index is 9.48. The average Bonchev–Trinajstić information content (AvgIpc) is 2.38. The van der Waals surface area contributed by atoms with Crippen LogP contribution in [0, 0.1) is 5.92 Å². The lowest BCUT2D eigenvalue weighted by molar-refractivity contribution is 0.250. The first-order valence-corrected chi connectivity index (χ1v) is 8.33. The van der Waals surface area contributed by atoms with E-state index in [0.717, 1.165) is 18.3 Å². The van der Waals surface area contributed by atoms with Crippen molar-refractivity contribution in [3.63, 3.8) is 0 Å². The Bertz CT molecular complexity index is 425. The highest BCUT2D eigenvalue weighted by molar-refractivity contribution is 8.00. The quantitative estimate of drug-likeness (QED) is 0.813. The van der Waals surface area contributed by atoms with Crippen LogP contribution in [-0.2, 0) is 0 Å². The Hall–Kier alpha value is -0.830. The lowest BCUT2D eigenvalue weighted by atomic mass is 9.89. The smallest absolute Gasteiger partial charge is 0.136 e. The van der Waals surface area contributed by atoms with Crippen molar-refractivity contribution in [2.75, 3.05) is 6.61 Å². The van der Waals surface area contributed by atoms with E-state index in [1.807, 2.05) is 17.8 Å². The minimum absolute atomic E-state index is 0.295. The van der Waals surface area contributed by atoms with Crippen molar-refractivity contribution >= 4 is 11.8 Å². The molecule has 1 unspecified atom stereocenters. The topological polar surface area (TPSA) is 29.5 Å². The molecule has 104 valence electrons. The molecular formula is C16H22O2S. The maximum atomic E-state index is 9.48. The minimum atomic E-state index is 0.295. The molecule has 1 aliphatic heterocycles. The number of fused-ring (bicyclic) bond motifs is 1. The van der Waals surface area contributed by atoms with Gasteiger partial charge in [0.2, 0.25) is 0 Å². The summed E-state index contributed by atoms with van der Waals surface area (Å²) < 4.78 is 5.86. The molecule has 1 aromatic rings. The van der Waals surface area contributed by atoms with E-state index in [9.17, 15) is 5.11 Å². The zero-order valence-electron chi connectivity index (χ0n) is 11.3. The lowest BCUT2D eigenvalue weighted by Gasteiger charge is -2.32. The van der Waals surface area contributed by atoms with E-state index >= 15 is 0 Å². The van der Waals surface area contributed by atoms with Gasteiger partial charge in [0.25, 0.3) is 0 Å². The van der Waals surface area contributed by atoms with Crippen LogP contribution in [0.3, 0.4) is 0 Å². The van der Waals surface area contributed by atoms with E-state index in [-0.39, 0.29) is 0 Å². The summed E-state index contributed by atoms with van der Waals surface area (Å²) >= 11 is 1.95. The van der Waals surface area contributed by atoms with Crippen molar-refractivity contribution in [3.8, 4) is 11.5 Å². The maximum Gasteiger partial charge on any atom is 0.136 e. The second-order valence-electron chi connectivity index (χ2n) is 5.70. The Labute approximate surface area is 119 Å². The van der Waals surface area contributed by atoms with Gasteiger partial charge in [0.15, 0.2) is 0 Å². The van der Waals surface area contributed by atoms with Crippen LogP contribution in [-0.4, -0.2) is 17.0 Å². The lowest BCUT2D eigenvalue weighted by Crippen LogP contribution is -2.28. The Morgan fingerprint density at radius 1 is 1.05 bits per heavy atom. The van der Waals surface area contributed by atoms with Crippen LogP contribution in [0.1, 0.15) is 44.9 Å². The molecule has 1 fully saturated rings. The van der Waals surface area contributed by atoms with Gasteiger partial charge in [-0.25, -0.2) is 0 Å². The van der Waals surface area contributed by atoms with Crippen LogP contribution in [0.4, 0.5) is 0 Å². The third-order valence-corrected chi connectivity index (χ3v) is 5.70. The molecule has 3 rings (SSSR count). The third kappa shape index (κ3) is 3.19. The first-order chi connectivity index (χ1) is 9.33. The van der Waals surface area contributed by atoms with E-state index in [0.29, 0.717) is 11.0 Å². The normalized spacial score (nSPS) is 24.9. The molecule has 1 aliphatic carbocycles. The predicted molar refractivity (Wildman–Crippen MR) is 79.1 cm³/mol. The highest BCUT2D eigenvalue weighted by Crippen LogP contribution is 2.43. The second kappa shape index (κ2) is 6.08. The summed E-state index contributed by atoms with van der Waals surface area (Å²) in [5.41, 5.74) is 0. The molecule has 1 heterocycles. The van der Waals surface area contributed by atoms with Gasteiger partial charge in [-0.15, -0.1) is 11.8 Å². The summed E-state index contributed by atoms with van der Waals surface area (Å²) in [6.07, 6.45) is 9.69. The molecule has 0 amide bonds. The number of phenolic OH excluding ortho intramolecular Hbond substituents is 1. The highest BCUT2D eigenvalue weighted by Gasteiger charge is 2.28. The summed E-state index contributed by atoms with van der Waals surface area (Å²) in [7, 11) is 0. The fourth-order valence-corrected chi connectivity index (χ4v) is 4.48. The average molecular weight is 278 g/mol. The fourth-order valence-electron chi connectivity index (χ4n) is 3.17. The Morgan fingerprint density at radius 2 is 1.79 bits per heavy atom. The van der Waals surface area contributed by atoms with Gasteiger partial charge in [-0.1, -0.05) is 32.1 Å². The van der Waals surface area contributed by atoms with Crippen LogP contribution >= 0.6 is 11.8 Å². The summed E-state index contributed by atoms with van der Waals surface area (Å²) in [6, 6.07) is 5.48. The van der Waals surface area contributed by atoms with Crippen molar-refractivity contribution in [3.05, 3.63) is 18.2 Å². The molecule has 2 nitrogen and oxygen atoms in total. The number of hydrogen-bond acceptors (Lipinski definition) is 3. The molecule has 1 aromatic carbocycles. The number of hydrogen-bond donors (Lipinski definition) is 1. The number of ether oxygens (including phenoxy) is 1. The summed E-state index contributed by atoms with van der Waals surface area (Å²) in [4.78, 5) is 1.19. The SMILES string of the molecule is Oc1ccc2c(c1)OCC(C1CCCCCCC1)S2. The van der Waals surface area contributed by atoms with E-state index in [1.165, 1.54) is 49.8 Å². The van der Waals surface area contributed by atoms with Crippen LogP contribution in [0.15, 0.2) is 23.1 Å². The summed E-state index contributed by atoms with van der Waals surface area (Å²) in [5.74, 6) is 1.95. The Balaban J connectivity index is 1.68. The number of aromatic hydroxyl groups is 1. The number of phenols is 1. The van der Waals surface area contributed by atoms with E-state index in [4.69, 9.17) is 4.74 Å². The minimum Gasteiger partial charge on any atom is -0.508 e. The molecule has 1 N–H and O–H groups in total. The molecule has 0 radical (unpaired) electrons. The van der Waals surface area contributed by atoms with Gasteiger partial charge in [0.05, 0.1) is 4.90 Å². The molecule has 1 atom stereocenters. The van der Waals surface area contributed by atoms with Gasteiger partial charge in [-0.05, 0) is 30.9 Å². The van der Waals surface area contributed by atoms with Gasteiger partial charge in [-0.3, -0.25) is 0 Å². The standard InChI is InChI=1S/C16H22O2S/c17-13-8-9-15-14(10-13)18-11-16(19-15)12-6-4-2-1-3-5-7-12/h8-10,12,16-17H,1-7,11H2. The van der Waals surface area contributed by atoms with Crippen molar-refractivity contribution in [1.29, 1.82) is 0 Å². The molecule has 1 saturated carbocycles. The largest absolute Gasteiger partial charge is 0.508 e. The molecule has 0 bridgehead atoms. The molecule has 19 heavy (non-hydrogen) atoms. The first-order valence-electron chi connectivity index (χ1n) is 7.45. The monoisotopic (exact) mass is 278 g/mol. The highest BCUT2D eigenvalue weighted by atomic mass is 32.2. The van der Waals surface area contributed by atoms with Crippen molar-refractivity contribution in [2.24, 2.45) is 5.92 Å². The molecule has 0 aromatic heterocycles. The van der Waals surface area contributed by atoms with Crippen LogP contribution < -0.4 is 4.74 Å². The first kappa shape index (κ1) is 13.2. The number of rotatable bonds is 1. The number of benzene rings is 1. The Morgan fingerprint density at radius 3 is 2.58 bits per heavy atom. The van der Waals surface area contributed by atoms with E-state index in [1.54, 1.807) is 12.1 Å². The zero-order valence-corrected chi connectivity index (χ0v) is 12.1. The summed E-state index contributed by atoms with van der Waals surface area (Å²) in [5, 5.41) is 10.1.